The summed E-state index contributed by atoms with van der Waals surface area (Å²) in [5.41, 5.74) is 11.5. The molecule has 0 unspecified atom stereocenters. The van der Waals surface area contributed by atoms with Gasteiger partial charge in [0.2, 0.25) is 5.95 Å². The summed E-state index contributed by atoms with van der Waals surface area (Å²) < 4.78 is 15.0. The quantitative estimate of drug-likeness (QED) is 0.176. The second-order valence-electron chi connectivity index (χ2n) is 14.4. The number of furan rings is 2. The van der Waals surface area contributed by atoms with Crippen LogP contribution in [-0.4, -0.2) is 19.5 Å². The van der Waals surface area contributed by atoms with Crippen molar-refractivity contribution in [2.45, 2.75) is 0 Å². The topological polar surface area (TPSA) is 69.9 Å². The molecule has 6 nitrogen and oxygen atoms in total. The van der Waals surface area contributed by atoms with Gasteiger partial charge in [0.1, 0.15) is 22.3 Å². The van der Waals surface area contributed by atoms with Gasteiger partial charge in [-0.3, -0.25) is 4.57 Å². The summed E-state index contributed by atoms with van der Waals surface area (Å²) in [6.45, 7) is 0. The number of nitrogens with zero attached hydrogens (tertiary/aromatic N) is 4. The fourth-order valence-corrected chi connectivity index (χ4v) is 8.36. The lowest BCUT2D eigenvalue weighted by Gasteiger charge is -2.11. The van der Waals surface area contributed by atoms with Gasteiger partial charge in [0, 0.05) is 49.0 Å². The largest absolute Gasteiger partial charge is 0.456 e. The maximum absolute atomic E-state index is 6.77. The molecule has 0 aliphatic heterocycles. The summed E-state index contributed by atoms with van der Waals surface area (Å²) in [4.78, 5) is 15.5. The van der Waals surface area contributed by atoms with E-state index in [0.717, 1.165) is 99.1 Å². The highest BCUT2D eigenvalue weighted by Crippen LogP contribution is 2.40. The average Bonchev–Trinajstić information content (AvgIpc) is 3.96. The van der Waals surface area contributed by atoms with E-state index in [2.05, 4.69) is 156 Å². The molecule has 4 aromatic heterocycles. The van der Waals surface area contributed by atoms with Crippen LogP contribution in [0.25, 0.3) is 117 Å². The lowest BCUT2D eigenvalue weighted by molar-refractivity contribution is 0.668. The molecule has 0 N–H and O–H groups in total. The van der Waals surface area contributed by atoms with E-state index in [1.165, 1.54) is 0 Å². The fourth-order valence-electron chi connectivity index (χ4n) is 8.36. The van der Waals surface area contributed by atoms with Crippen molar-refractivity contribution in [2.24, 2.45) is 0 Å². The first-order valence-electron chi connectivity index (χ1n) is 19.0. The van der Waals surface area contributed by atoms with Gasteiger partial charge in [-0.15, -0.1) is 0 Å². The minimum Gasteiger partial charge on any atom is -0.456 e. The van der Waals surface area contributed by atoms with Crippen molar-refractivity contribution in [2.75, 3.05) is 0 Å². The highest BCUT2D eigenvalue weighted by Gasteiger charge is 2.20. The predicted molar refractivity (Wildman–Crippen MR) is 230 cm³/mol. The van der Waals surface area contributed by atoms with E-state index in [4.69, 9.17) is 23.8 Å². The van der Waals surface area contributed by atoms with Crippen molar-refractivity contribution in [3.63, 3.8) is 0 Å². The zero-order valence-corrected chi connectivity index (χ0v) is 30.4. The van der Waals surface area contributed by atoms with E-state index in [1.807, 2.05) is 30.3 Å². The van der Waals surface area contributed by atoms with Crippen LogP contribution in [0.1, 0.15) is 0 Å². The van der Waals surface area contributed by atoms with E-state index < -0.39 is 0 Å². The van der Waals surface area contributed by atoms with Gasteiger partial charge in [0.15, 0.2) is 11.6 Å². The number of hydrogen-bond donors (Lipinski definition) is 0. The first kappa shape index (κ1) is 31.5. The normalized spacial score (nSPS) is 11.9. The predicted octanol–water partition coefficient (Wildman–Crippen LogP) is 13.4. The van der Waals surface area contributed by atoms with Gasteiger partial charge in [-0.25, -0.2) is 4.98 Å². The lowest BCUT2D eigenvalue weighted by Crippen LogP contribution is -2.06. The van der Waals surface area contributed by atoms with Gasteiger partial charge in [-0.2, -0.15) is 9.97 Å². The molecule has 4 heterocycles. The van der Waals surface area contributed by atoms with Crippen molar-refractivity contribution in [1.82, 2.24) is 19.5 Å². The van der Waals surface area contributed by atoms with Gasteiger partial charge < -0.3 is 8.83 Å². The molecule has 0 saturated carbocycles. The Balaban J connectivity index is 1.03. The Labute approximate surface area is 325 Å². The van der Waals surface area contributed by atoms with Crippen LogP contribution in [0.15, 0.2) is 191 Å². The highest BCUT2D eigenvalue weighted by molar-refractivity contribution is 6.12. The van der Waals surface area contributed by atoms with Crippen molar-refractivity contribution < 1.29 is 8.83 Å². The van der Waals surface area contributed by atoms with Crippen molar-refractivity contribution in [3.05, 3.63) is 182 Å². The van der Waals surface area contributed by atoms with Crippen LogP contribution < -0.4 is 0 Å². The number of rotatable bonds is 5. The van der Waals surface area contributed by atoms with Crippen LogP contribution >= 0.6 is 0 Å². The monoisotopic (exact) mass is 730 g/mol. The molecule has 0 amide bonds. The number of para-hydroxylation sites is 4. The molecule has 8 aromatic carbocycles. The van der Waals surface area contributed by atoms with Crippen LogP contribution in [0.4, 0.5) is 0 Å². The summed E-state index contributed by atoms with van der Waals surface area (Å²) >= 11 is 0. The van der Waals surface area contributed by atoms with Crippen molar-refractivity contribution in [1.29, 1.82) is 0 Å². The van der Waals surface area contributed by atoms with Gasteiger partial charge in [-0.1, -0.05) is 140 Å². The maximum Gasteiger partial charge on any atom is 0.238 e. The van der Waals surface area contributed by atoms with Crippen LogP contribution in [0.3, 0.4) is 0 Å². The maximum atomic E-state index is 6.77. The van der Waals surface area contributed by atoms with Gasteiger partial charge >= 0.3 is 0 Å². The third kappa shape index (κ3) is 5.01. The van der Waals surface area contributed by atoms with Gasteiger partial charge in [0.25, 0.3) is 0 Å². The van der Waals surface area contributed by atoms with Crippen molar-refractivity contribution in [3.8, 4) is 51.0 Å². The smallest absolute Gasteiger partial charge is 0.238 e. The van der Waals surface area contributed by atoms with Crippen LogP contribution in [0.2, 0.25) is 0 Å². The summed E-state index contributed by atoms with van der Waals surface area (Å²) in [7, 11) is 0. The summed E-state index contributed by atoms with van der Waals surface area (Å²) in [6.07, 6.45) is 0. The van der Waals surface area contributed by atoms with E-state index >= 15 is 0 Å². The Morgan fingerprint density at radius 1 is 0.333 bits per heavy atom. The standard InChI is InChI=1S/C51H30N4O2/c1-2-11-31(12-3-1)32-21-23-33(24-22-32)49-52-50(54-51(53-49)55-43-18-7-4-13-37(43)38-14-5-8-19-44(38)55)35-25-27-40-41-17-10-16-36(48(41)57-47(40)30-35)34-26-28-46-42(29-34)39-15-6-9-20-45(39)56-46/h1-30H. The second-order valence-corrected chi connectivity index (χ2v) is 14.4. The molecule has 0 saturated heterocycles. The summed E-state index contributed by atoms with van der Waals surface area (Å²) in [5.74, 6) is 1.70. The molecule has 0 atom stereocenters. The molecule has 0 radical (unpaired) electrons. The minimum atomic E-state index is 0.550. The van der Waals surface area contributed by atoms with E-state index in [9.17, 15) is 0 Å². The molecular weight excluding hydrogens is 701 g/mol. The Morgan fingerprint density at radius 2 is 0.912 bits per heavy atom. The molecule has 6 heteroatoms. The molecule has 12 rings (SSSR count). The molecule has 0 aliphatic rings. The van der Waals surface area contributed by atoms with E-state index in [-0.39, 0.29) is 0 Å². The Bertz CT molecular complexity index is 3470. The number of benzene rings is 8. The number of aromatic nitrogens is 4. The molecule has 0 aliphatic carbocycles. The summed E-state index contributed by atoms with van der Waals surface area (Å²) in [6, 6.07) is 62.7. The van der Waals surface area contributed by atoms with Crippen LogP contribution in [-0.2, 0) is 0 Å². The first-order valence-corrected chi connectivity index (χ1v) is 19.0. The van der Waals surface area contributed by atoms with Gasteiger partial charge in [-0.05, 0) is 59.2 Å². The third-order valence-corrected chi connectivity index (χ3v) is 11.1. The third-order valence-electron chi connectivity index (χ3n) is 11.1. The molecule has 0 bridgehead atoms. The zero-order chi connectivity index (χ0) is 37.5. The van der Waals surface area contributed by atoms with Crippen LogP contribution in [0.5, 0.6) is 0 Å². The van der Waals surface area contributed by atoms with Crippen molar-refractivity contribution >= 4 is 65.7 Å². The Hall–Kier alpha value is -7.83. The zero-order valence-electron chi connectivity index (χ0n) is 30.4. The van der Waals surface area contributed by atoms with E-state index in [0.29, 0.717) is 17.6 Å². The minimum absolute atomic E-state index is 0.550. The lowest BCUT2D eigenvalue weighted by atomic mass is 10.00. The Kier molecular flexibility index (Phi) is 6.83. The highest BCUT2D eigenvalue weighted by atomic mass is 16.3. The molecule has 266 valence electrons. The number of hydrogen-bond acceptors (Lipinski definition) is 5. The van der Waals surface area contributed by atoms with Gasteiger partial charge in [0.05, 0.1) is 11.0 Å². The summed E-state index contributed by atoms with van der Waals surface area (Å²) in [5, 5.41) is 6.54. The average molecular weight is 731 g/mol. The molecule has 57 heavy (non-hydrogen) atoms. The Morgan fingerprint density at radius 3 is 1.70 bits per heavy atom. The SMILES string of the molecule is c1ccc(-c2ccc(-c3nc(-c4ccc5c(c4)oc4c(-c6ccc7oc8ccccc8c7c6)cccc45)nc(-n4c5ccccc5c5ccccc54)n3)cc2)cc1. The molecular formula is C51H30N4O2. The molecule has 0 fully saturated rings. The second kappa shape index (κ2) is 12.3. The van der Waals surface area contributed by atoms with E-state index in [1.54, 1.807) is 0 Å². The first-order chi connectivity index (χ1) is 28.2. The molecule has 12 aromatic rings. The fraction of sp³-hybridized carbons (Fsp3) is 0. The van der Waals surface area contributed by atoms with Crippen LogP contribution in [0, 0.1) is 0 Å². The molecule has 0 spiro atoms. The number of fused-ring (bicyclic) bond motifs is 9.